The number of rotatable bonds is 5. The van der Waals surface area contributed by atoms with E-state index in [0.717, 1.165) is 12.1 Å². The summed E-state index contributed by atoms with van der Waals surface area (Å²) in [5.41, 5.74) is 2.31. The molecule has 144 valence electrons. The summed E-state index contributed by atoms with van der Waals surface area (Å²) in [7, 11) is -2.35. The van der Waals surface area contributed by atoms with Gasteiger partial charge < -0.3 is 9.64 Å². The molecule has 7 heteroatoms. The standard InChI is InChI=1S/C21H18ClNO3S2/c1-26-19-4-2-3-18(22)21(19)28(24,25)17-7-5-15(6-8-17)13-23-11-9-16-10-12-27-20(16)14-23/h2-12H,13-14H2,1H3. The van der Waals surface area contributed by atoms with E-state index in [2.05, 4.69) is 28.6 Å². The van der Waals surface area contributed by atoms with Gasteiger partial charge in [-0.3, -0.25) is 0 Å². The van der Waals surface area contributed by atoms with Crippen molar-refractivity contribution in [2.45, 2.75) is 22.9 Å². The van der Waals surface area contributed by atoms with Gasteiger partial charge in [-0.1, -0.05) is 29.8 Å². The van der Waals surface area contributed by atoms with E-state index in [1.54, 1.807) is 41.7 Å². The van der Waals surface area contributed by atoms with E-state index in [9.17, 15) is 8.42 Å². The Balaban J connectivity index is 1.57. The van der Waals surface area contributed by atoms with Crippen LogP contribution in [0.2, 0.25) is 5.02 Å². The highest BCUT2D eigenvalue weighted by molar-refractivity contribution is 7.91. The molecule has 4 nitrogen and oxygen atoms in total. The van der Waals surface area contributed by atoms with Crippen molar-refractivity contribution >= 4 is 38.9 Å². The minimum atomic E-state index is -3.78. The number of halogens is 1. The molecular formula is C21H18ClNO3S2. The number of fused-ring (bicyclic) bond motifs is 1. The van der Waals surface area contributed by atoms with Gasteiger partial charge in [0.25, 0.3) is 0 Å². The Morgan fingerprint density at radius 3 is 2.68 bits per heavy atom. The average molecular weight is 432 g/mol. The minimum Gasteiger partial charge on any atom is -0.495 e. The zero-order valence-corrected chi connectivity index (χ0v) is 17.5. The van der Waals surface area contributed by atoms with E-state index in [1.807, 2.05) is 12.1 Å². The second kappa shape index (κ2) is 7.62. The first kappa shape index (κ1) is 19.1. The summed E-state index contributed by atoms with van der Waals surface area (Å²) >= 11 is 7.91. The van der Waals surface area contributed by atoms with Crippen LogP contribution in [0.15, 0.2) is 69.9 Å². The van der Waals surface area contributed by atoms with Crippen molar-refractivity contribution in [3.63, 3.8) is 0 Å². The van der Waals surface area contributed by atoms with Crippen LogP contribution in [0.25, 0.3) is 6.08 Å². The molecule has 0 aliphatic carbocycles. The molecule has 0 unspecified atom stereocenters. The first-order valence-corrected chi connectivity index (χ1v) is 11.4. The number of thiophene rings is 1. The summed E-state index contributed by atoms with van der Waals surface area (Å²) in [5, 5.41) is 2.25. The molecule has 0 fully saturated rings. The van der Waals surface area contributed by atoms with Crippen LogP contribution >= 0.6 is 22.9 Å². The van der Waals surface area contributed by atoms with E-state index < -0.39 is 9.84 Å². The van der Waals surface area contributed by atoms with E-state index in [0.29, 0.717) is 6.54 Å². The monoisotopic (exact) mass is 431 g/mol. The third kappa shape index (κ3) is 3.55. The molecule has 4 rings (SSSR count). The van der Waals surface area contributed by atoms with Gasteiger partial charge >= 0.3 is 0 Å². The third-order valence-corrected chi connectivity index (χ3v) is 7.83. The van der Waals surface area contributed by atoms with Gasteiger partial charge in [0.15, 0.2) is 0 Å². The molecule has 3 aromatic rings. The first-order chi connectivity index (χ1) is 13.5. The lowest BCUT2D eigenvalue weighted by molar-refractivity contribution is 0.363. The van der Waals surface area contributed by atoms with Crippen LogP contribution in [-0.4, -0.2) is 20.4 Å². The molecule has 28 heavy (non-hydrogen) atoms. The second-order valence-electron chi connectivity index (χ2n) is 6.44. The summed E-state index contributed by atoms with van der Waals surface area (Å²) in [6.07, 6.45) is 4.19. The Labute approximate surface area is 173 Å². The number of methoxy groups -OCH3 is 1. The molecule has 1 aliphatic rings. The number of benzene rings is 2. The Morgan fingerprint density at radius 2 is 1.93 bits per heavy atom. The van der Waals surface area contributed by atoms with Crippen LogP contribution < -0.4 is 4.74 Å². The molecule has 0 amide bonds. The molecule has 0 saturated carbocycles. The van der Waals surface area contributed by atoms with Gasteiger partial charge in [-0.05, 0) is 52.9 Å². The van der Waals surface area contributed by atoms with Crippen molar-refractivity contribution in [2.75, 3.05) is 7.11 Å². The largest absolute Gasteiger partial charge is 0.495 e. The van der Waals surface area contributed by atoms with E-state index in [-0.39, 0.29) is 20.6 Å². The fourth-order valence-electron chi connectivity index (χ4n) is 3.20. The summed E-state index contributed by atoms with van der Waals surface area (Å²) in [6.45, 7) is 1.57. The lowest BCUT2D eigenvalue weighted by atomic mass is 10.1. The van der Waals surface area contributed by atoms with Crippen molar-refractivity contribution in [2.24, 2.45) is 0 Å². The van der Waals surface area contributed by atoms with Crippen LogP contribution in [0, 0.1) is 0 Å². The fourth-order valence-corrected chi connectivity index (χ4v) is 6.03. The smallest absolute Gasteiger partial charge is 0.211 e. The maximum absolute atomic E-state index is 13.1. The SMILES string of the molecule is COc1cccc(Cl)c1S(=O)(=O)c1ccc(CN2C=Cc3ccsc3C2)cc1. The van der Waals surface area contributed by atoms with Crippen molar-refractivity contribution in [3.8, 4) is 5.75 Å². The molecule has 0 bridgehead atoms. The molecule has 0 N–H and O–H groups in total. The van der Waals surface area contributed by atoms with Gasteiger partial charge in [0, 0.05) is 17.6 Å². The van der Waals surface area contributed by atoms with Gasteiger partial charge in [0.05, 0.1) is 23.6 Å². The van der Waals surface area contributed by atoms with Crippen LogP contribution in [0.5, 0.6) is 5.75 Å². The Morgan fingerprint density at radius 1 is 1.14 bits per heavy atom. The van der Waals surface area contributed by atoms with Crippen molar-refractivity contribution < 1.29 is 13.2 Å². The van der Waals surface area contributed by atoms with E-state index in [1.165, 1.54) is 17.6 Å². The third-order valence-electron chi connectivity index (χ3n) is 4.63. The molecule has 1 aliphatic heterocycles. The number of hydrogen-bond acceptors (Lipinski definition) is 5. The molecule has 0 atom stereocenters. The maximum atomic E-state index is 13.1. The lowest BCUT2D eigenvalue weighted by Gasteiger charge is -2.23. The molecule has 1 aromatic heterocycles. The Kier molecular flexibility index (Phi) is 5.19. The molecule has 2 heterocycles. The van der Waals surface area contributed by atoms with Crippen molar-refractivity contribution in [3.05, 3.63) is 81.1 Å². The summed E-state index contributed by atoms with van der Waals surface area (Å²) < 4.78 is 31.3. The Bertz CT molecular complexity index is 1130. The highest BCUT2D eigenvalue weighted by atomic mass is 35.5. The van der Waals surface area contributed by atoms with Gasteiger partial charge in [-0.15, -0.1) is 11.3 Å². The predicted molar refractivity (Wildman–Crippen MR) is 112 cm³/mol. The average Bonchev–Trinajstić information content (AvgIpc) is 3.16. The van der Waals surface area contributed by atoms with Gasteiger partial charge in [-0.25, -0.2) is 8.42 Å². The summed E-state index contributed by atoms with van der Waals surface area (Å²) in [6, 6.07) is 13.9. The number of nitrogens with zero attached hydrogens (tertiary/aromatic N) is 1. The van der Waals surface area contributed by atoms with Gasteiger partial charge in [0.2, 0.25) is 9.84 Å². The van der Waals surface area contributed by atoms with Crippen molar-refractivity contribution in [1.29, 1.82) is 0 Å². The van der Waals surface area contributed by atoms with Crippen molar-refractivity contribution in [1.82, 2.24) is 4.90 Å². The molecule has 0 radical (unpaired) electrons. The predicted octanol–water partition coefficient (Wildman–Crippen LogP) is 5.23. The normalized spacial score (nSPS) is 13.4. The number of ether oxygens (including phenoxy) is 1. The van der Waals surface area contributed by atoms with Crippen LogP contribution in [0.3, 0.4) is 0 Å². The quantitative estimate of drug-likeness (QED) is 0.555. The molecular weight excluding hydrogens is 414 g/mol. The Hall–Kier alpha value is -2.28. The summed E-state index contributed by atoms with van der Waals surface area (Å²) in [4.78, 5) is 3.74. The zero-order valence-electron chi connectivity index (χ0n) is 15.1. The highest BCUT2D eigenvalue weighted by Crippen LogP contribution is 2.35. The highest BCUT2D eigenvalue weighted by Gasteiger charge is 2.25. The lowest BCUT2D eigenvalue weighted by Crippen LogP contribution is -2.18. The fraction of sp³-hybridized carbons (Fsp3) is 0.143. The maximum Gasteiger partial charge on any atom is 0.211 e. The number of sulfone groups is 1. The van der Waals surface area contributed by atoms with E-state index >= 15 is 0 Å². The van der Waals surface area contributed by atoms with Gasteiger partial charge in [-0.2, -0.15) is 0 Å². The van der Waals surface area contributed by atoms with Gasteiger partial charge in [0.1, 0.15) is 10.6 Å². The zero-order chi connectivity index (χ0) is 19.7. The molecule has 2 aromatic carbocycles. The van der Waals surface area contributed by atoms with Crippen LogP contribution in [0.1, 0.15) is 16.0 Å². The summed E-state index contributed by atoms with van der Waals surface area (Å²) in [5.74, 6) is 0.238. The van der Waals surface area contributed by atoms with Crippen LogP contribution in [0.4, 0.5) is 0 Å². The topological polar surface area (TPSA) is 46.6 Å². The molecule has 0 spiro atoms. The second-order valence-corrected chi connectivity index (χ2v) is 9.73. The number of hydrogen-bond donors (Lipinski definition) is 0. The molecule has 0 saturated heterocycles. The first-order valence-electron chi connectivity index (χ1n) is 8.64. The minimum absolute atomic E-state index is 0.00361. The van der Waals surface area contributed by atoms with Crippen LogP contribution in [-0.2, 0) is 22.9 Å². The van der Waals surface area contributed by atoms with E-state index in [4.69, 9.17) is 16.3 Å².